The van der Waals surface area contributed by atoms with Crippen LogP contribution in [0.3, 0.4) is 0 Å². The zero-order valence-electron chi connectivity index (χ0n) is 18.3. The second kappa shape index (κ2) is 9.63. The summed E-state index contributed by atoms with van der Waals surface area (Å²) < 4.78 is 39.0. The molecular weight excluding hydrogens is 424 g/mol. The number of methoxy groups -OCH3 is 2. The summed E-state index contributed by atoms with van der Waals surface area (Å²) in [5.41, 5.74) is 3.56. The summed E-state index contributed by atoms with van der Waals surface area (Å²) in [7, 11) is -0.289. The highest BCUT2D eigenvalue weighted by atomic mass is 32.2. The molecular formula is C25H28N2O4S. The van der Waals surface area contributed by atoms with Gasteiger partial charge in [0.1, 0.15) is 5.75 Å². The number of hydrogen-bond acceptors (Lipinski definition) is 5. The van der Waals surface area contributed by atoms with Crippen molar-refractivity contribution >= 4 is 21.4 Å². The normalized spacial score (nSPS) is 14.9. The second-order valence-corrected chi connectivity index (χ2v) is 9.51. The number of ether oxygens (including phenoxy) is 2. The Morgan fingerprint density at radius 3 is 1.91 bits per heavy atom. The third-order valence-electron chi connectivity index (χ3n) is 5.85. The maximum Gasteiger partial charge on any atom is 0.261 e. The minimum Gasteiger partial charge on any atom is -0.497 e. The second-order valence-electron chi connectivity index (χ2n) is 7.83. The van der Waals surface area contributed by atoms with Crippen LogP contribution in [0, 0.1) is 0 Å². The van der Waals surface area contributed by atoms with E-state index in [1.165, 1.54) is 0 Å². The van der Waals surface area contributed by atoms with E-state index in [4.69, 9.17) is 9.47 Å². The van der Waals surface area contributed by atoms with Crippen LogP contribution in [0.5, 0.6) is 5.75 Å². The van der Waals surface area contributed by atoms with Crippen molar-refractivity contribution in [2.24, 2.45) is 0 Å². The van der Waals surface area contributed by atoms with E-state index in [9.17, 15) is 8.42 Å². The van der Waals surface area contributed by atoms with Crippen LogP contribution >= 0.6 is 0 Å². The molecule has 3 aromatic rings. The number of hydrogen-bond donors (Lipinski definition) is 1. The molecule has 0 bridgehead atoms. The van der Waals surface area contributed by atoms with Crippen LogP contribution in [0.2, 0.25) is 0 Å². The molecule has 0 amide bonds. The maximum atomic E-state index is 12.8. The molecule has 0 radical (unpaired) electrons. The summed E-state index contributed by atoms with van der Waals surface area (Å²) in [6, 6.07) is 22.0. The fourth-order valence-corrected chi connectivity index (χ4v) is 4.97. The Kier molecular flexibility index (Phi) is 6.67. The lowest BCUT2D eigenvalue weighted by Crippen LogP contribution is -2.36. The Morgan fingerprint density at radius 2 is 1.38 bits per heavy atom. The minimum absolute atomic E-state index is 0.223. The van der Waals surface area contributed by atoms with Gasteiger partial charge in [0, 0.05) is 31.6 Å². The van der Waals surface area contributed by atoms with Crippen LogP contribution in [0.25, 0.3) is 11.1 Å². The molecule has 1 saturated heterocycles. The van der Waals surface area contributed by atoms with Crippen molar-refractivity contribution < 1.29 is 17.9 Å². The number of sulfonamides is 1. The van der Waals surface area contributed by atoms with Crippen molar-refractivity contribution in [3.05, 3.63) is 72.8 Å². The average Bonchev–Trinajstić information content (AvgIpc) is 2.84. The Bertz CT molecular complexity index is 1120. The van der Waals surface area contributed by atoms with Crippen molar-refractivity contribution in [1.82, 2.24) is 0 Å². The summed E-state index contributed by atoms with van der Waals surface area (Å²) in [6.45, 7) is 1.87. The molecule has 6 nitrogen and oxygen atoms in total. The highest BCUT2D eigenvalue weighted by molar-refractivity contribution is 7.92. The lowest BCUT2D eigenvalue weighted by Gasteiger charge is -2.33. The van der Waals surface area contributed by atoms with Gasteiger partial charge < -0.3 is 14.4 Å². The van der Waals surface area contributed by atoms with E-state index in [0.717, 1.165) is 48.5 Å². The molecule has 1 aliphatic heterocycles. The van der Waals surface area contributed by atoms with Crippen molar-refractivity contribution in [2.45, 2.75) is 23.8 Å². The van der Waals surface area contributed by atoms with Gasteiger partial charge in [0.15, 0.2) is 0 Å². The van der Waals surface area contributed by atoms with Crippen LogP contribution in [-0.2, 0) is 14.8 Å². The molecule has 4 rings (SSSR count). The summed E-state index contributed by atoms with van der Waals surface area (Å²) in [6.07, 6.45) is 2.32. The van der Waals surface area contributed by atoms with E-state index < -0.39 is 10.0 Å². The molecule has 3 aromatic carbocycles. The van der Waals surface area contributed by atoms with Crippen LogP contribution in [0.1, 0.15) is 12.8 Å². The van der Waals surface area contributed by atoms with Gasteiger partial charge in [-0.3, -0.25) is 4.72 Å². The van der Waals surface area contributed by atoms with E-state index in [1.54, 1.807) is 38.5 Å². The van der Waals surface area contributed by atoms with Gasteiger partial charge in [0.2, 0.25) is 0 Å². The smallest absolute Gasteiger partial charge is 0.261 e. The van der Waals surface area contributed by atoms with Gasteiger partial charge in [-0.2, -0.15) is 0 Å². The predicted molar refractivity (Wildman–Crippen MR) is 128 cm³/mol. The molecule has 7 heteroatoms. The third kappa shape index (κ3) is 5.06. The number of piperidine rings is 1. The number of anilines is 2. The maximum absolute atomic E-state index is 12.8. The van der Waals surface area contributed by atoms with E-state index >= 15 is 0 Å². The molecule has 0 atom stereocenters. The SMILES string of the molecule is COc1ccc(-c2ccc(S(=O)(=O)Nc3ccc(N4CCC(OC)CC4)cc3)cc2)cc1. The standard InChI is InChI=1S/C25H28N2O4S/c1-30-23-11-3-19(4-12-23)20-5-13-25(14-6-20)32(28,29)26-21-7-9-22(10-8-21)27-17-15-24(31-2)16-18-27/h3-14,24,26H,15-18H2,1-2H3. The van der Waals surface area contributed by atoms with E-state index in [-0.39, 0.29) is 4.90 Å². The molecule has 0 unspecified atom stereocenters. The van der Waals surface area contributed by atoms with Gasteiger partial charge in [-0.15, -0.1) is 0 Å². The monoisotopic (exact) mass is 452 g/mol. The Labute approximate surface area is 189 Å². The summed E-state index contributed by atoms with van der Waals surface area (Å²) in [5, 5.41) is 0. The van der Waals surface area contributed by atoms with Gasteiger partial charge >= 0.3 is 0 Å². The molecule has 1 heterocycles. The molecule has 0 saturated carbocycles. The molecule has 0 aromatic heterocycles. The van der Waals surface area contributed by atoms with Gasteiger partial charge in [0.05, 0.1) is 18.1 Å². The number of rotatable bonds is 7. The minimum atomic E-state index is -3.67. The van der Waals surface area contributed by atoms with Crippen molar-refractivity contribution in [3.63, 3.8) is 0 Å². The largest absolute Gasteiger partial charge is 0.497 e. The molecule has 1 aliphatic rings. The molecule has 1 fully saturated rings. The highest BCUT2D eigenvalue weighted by Gasteiger charge is 2.19. The van der Waals surface area contributed by atoms with E-state index in [0.29, 0.717) is 11.8 Å². The average molecular weight is 453 g/mol. The fraction of sp³-hybridized carbons (Fsp3) is 0.280. The van der Waals surface area contributed by atoms with Gasteiger partial charge in [-0.1, -0.05) is 24.3 Å². The Balaban J connectivity index is 1.42. The number of nitrogens with one attached hydrogen (secondary N) is 1. The number of nitrogens with zero attached hydrogens (tertiary/aromatic N) is 1. The summed E-state index contributed by atoms with van der Waals surface area (Å²) in [5.74, 6) is 0.780. The van der Waals surface area contributed by atoms with Gasteiger partial charge in [-0.25, -0.2) is 8.42 Å². The first-order chi connectivity index (χ1) is 15.5. The summed E-state index contributed by atoms with van der Waals surface area (Å²) in [4.78, 5) is 2.52. The molecule has 1 N–H and O–H groups in total. The first kappa shape index (κ1) is 22.2. The zero-order valence-corrected chi connectivity index (χ0v) is 19.1. The third-order valence-corrected chi connectivity index (χ3v) is 7.25. The molecule has 0 spiro atoms. The van der Waals surface area contributed by atoms with Crippen molar-refractivity contribution in [2.75, 3.05) is 36.9 Å². The van der Waals surface area contributed by atoms with Gasteiger partial charge in [-0.05, 0) is 72.5 Å². The Morgan fingerprint density at radius 1 is 0.812 bits per heavy atom. The molecule has 0 aliphatic carbocycles. The topological polar surface area (TPSA) is 67.9 Å². The van der Waals surface area contributed by atoms with Crippen LogP contribution in [0.4, 0.5) is 11.4 Å². The predicted octanol–water partition coefficient (Wildman–Crippen LogP) is 4.78. The quantitative estimate of drug-likeness (QED) is 0.559. The lowest BCUT2D eigenvalue weighted by atomic mass is 10.1. The van der Waals surface area contributed by atoms with Gasteiger partial charge in [0.25, 0.3) is 10.0 Å². The van der Waals surface area contributed by atoms with E-state index in [1.807, 2.05) is 48.5 Å². The zero-order chi connectivity index (χ0) is 22.6. The van der Waals surface area contributed by atoms with Crippen molar-refractivity contribution in [1.29, 1.82) is 0 Å². The first-order valence-corrected chi connectivity index (χ1v) is 12.1. The fourth-order valence-electron chi connectivity index (χ4n) is 3.91. The Hall–Kier alpha value is -3.03. The van der Waals surface area contributed by atoms with Crippen LogP contribution < -0.4 is 14.4 Å². The van der Waals surface area contributed by atoms with Crippen LogP contribution in [0.15, 0.2) is 77.7 Å². The summed E-state index contributed by atoms with van der Waals surface area (Å²) >= 11 is 0. The highest BCUT2D eigenvalue weighted by Crippen LogP contribution is 2.26. The van der Waals surface area contributed by atoms with Crippen molar-refractivity contribution in [3.8, 4) is 16.9 Å². The lowest BCUT2D eigenvalue weighted by molar-refractivity contribution is 0.0819. The molecule has 168 valence electrons. The van der Waals surface area contributed by atoms with Crippen LogP contribution in [-0.4, -0.2) is 41.8 Å². The first-order valence-electron chi connectivity index (χ1n) is 10.6. The molecule has 32 heavy (non-hydrogen) atoms. The number of benzene rings is 3. The van der Waals surface area contributed by atoms with E-state index in [2.05, 4.69) is 9.62 Å².